The maximum Gasteiger partial charge on any atom is 0.261 e. The molecule has 0 bridgehead atoms. The number of rotatable bonds is 5. The van der Waals surface area contributed by atoms with Crippen molar-refractivity contribution in [3.63, 3.8) is 0 Å². The smallest absolute Gasteiger partial charge is 0.261 e. The van der Waals surface area contributed by atoms with Gasteiger partial charge in [0.05, 0.1) is 4.90 Å². The van der Waals surface area contributed by atoms with Gasteiger partial charge in [-0.3, -0.25) is 4.72 Å². The predicted molar refractivity (Wildman–Crippen MR) is 107 cm³/mol. The molecular formula is C21H21N3O2S. The van der Waals surface area contributed by atoms with Crippen molar-refractivity contribution in [3.8, 4) is 17.3 Å². The molecule has 0 unspecified atom stereocenters. The standard InChI is InChI=1S/C21H21N3O2S/c1-15(2)16-6-11-20(12-7-16)27(25,26)23-18-8-4-17(5-9-18)21-13-10-19(14-22)24(21)3/h4-13,15,23H,1-3H3. The van der Waals surface area contributed by atoms with Crippen LogP contribution in [0, 0.1) is 11.3 Å². The Hall–Kier alpha value is -3.04. The second kappa shape index (κ2) is 7.29. The lowest BCUT2D eigenvalue weighted by molar-refractivity contribution is 0.601. The van der Waals surface area contributed by atoms with Crippen LogP contribution in [0.5, 0.6) is 0 Å². The van der Waals surface area contributed by atoms with E-state index in [1.165, 1.54) is 0 Å². The van der Waals surface area contributed by atoms with Gasteiger partial charge < -0.3 is 4.57 Å². The maximum absolute atomic E-state index is 12.6. The van der Waals surface area contributed by atoms with E-state index in [0.29, 0.717) is 17.3 Å². The number of aromatic nitrogens is 1. The fourth-order valence-electron chi connectivity index (χ4n) is 2.87. The number of nitrogens with one attached hydrogen (secondary N) is 1. The lowest BCUT2D eigenvalue weighted by Gasteiger charge is -2.11. The molecule has 0 aliphatic rings. The van der Waals surface area contributed by atoms with Crippen LogP contribution in [0.2, 0.25) is 0 Å². The molecule has 2 aromatic carbocycles. The van der Waals surface area contributed by atoms with Crippen LogP contribution in [-0.4, -0.2) is 13.0 Å². The van der Waals surface area contributed by atoms with Gasteiger partial charge in [-0.1, -0.05) is 38.1 Å². The quantitative estimate of drug-likeness (QED) is 0.710. The van der Waals surface area contributed by atoms with Gasteiger partial charge in [-0.15, -0.1) is 0 Å². The molecule has 1 heterocycles. The Bertz CT molecular complexity index is 1090. The predicted octanol–water partition coefficient (Wildman–Crippen LogP) is 4.49. The first-order chi connectivity index (χ1) is 12.8. The minimum absolute atomic E-state index is 0.233. The van der Waals surface area contributed by atoms with Gasteiger partial charge in [-0.25, -0.2) is 8.42 Å². The molecule has 5 nitrogen and oxygen atoms in total. The van der Waals surface area contributed by atoms with Gasteiger partial charge >= 0.3 is 0 Å². The highest BCUT2D eigenvalue weighted by molar-refractivity contribution is 7.92. The van der Waals surface area contributed by atoms with E-state index >= 15 is 0 Å². The molecule has 0 aliphatic carbocycles. The van der Waals surface area contributed by atoms with Gasteiger partial charge in [-0.05, 0) is 53.4 Å². The third kappa shape index (κ3) is 3.88. The molecule has 138 valence electrons. The van der Waals surface area contributed by atoms with E-state index < -0.39 is 10.0 Å². The van der Waals surface area contributed by atoms with Crippen molar-refractivity contribution in [2.45, 2.75) is 24.7 Å². The molecule has 1 N–H and O–H groups in total. The molecule has 0 amide bonds. The number of nitriles is 1. The van der Waals surface area contributed by atoms with Gasteiger partial charge in [0.2, 0.25) is 0 Å². The van der Waals surface area contributed by atoms with Crippen molar-refractivity contribution in [1.82, 2.24) is 4.57 Å². The van der Waals surface area contributed by atoms with Crippen LogP contribution in [0.3, 0.4) is 0 Å². The van der Waals surface area contributed by atoms with E-state index in [4.69, 9.17) is 5.26 Å². The molecule has 0 saturated carbocycles. The van der Waals surface area contributed by atoms with E-state index in [1.807, 2.05) is 37.4 Å². The Morgan fingerprint density at radius 2 is 1.59 bits per heavy atom. The normalized spacial score (nSPS) is 11.4. The summed E-state index contributed by atoms with van der Waals surface area (Å²) < 4.78 is 29.6. The zero-order chi connectivity index (χ0) is 19.6. The first-order valence-corrected chi connectivity index (χ1v) is 10.1. The number of hydrogen-bond acceptors (Lipinski definition) is 3. The zero-order valence-corrected chi connectivity index (χ0v) is 16.3. The average molecular weight is 379 g/mol. The van der Waals surface area contributed by atoms with Crippen LogP contribution in [0.15, 0.2) is 65.6 Å². The minimum Gasteiger partial charge on any atom is -0.335 e. The topological polar surface area (TPSA) is 74.9 Å². The first-order valence-electron chi connectivity index (χ1n) is 8.61. The largest absolute Gasteiger partial charge is 0.335 e. The Labute approximate surface area is 159 Å². The molecule has 0 atom stereocenters. The molecular weight excluding hydrogens is 358 g/mol. The summed E-state index contributed by atoms with van der Waals surface area (Å²) in [6.45, 7) is 4.13. The van der Waals surface area contributed by atoms with Crippen molar-refractivity contribution in [3.05, 3.63) is 71.9 Å². The van der Waals surface area contributed by atoms with Crippen LogP contribution >= 0.6 is 0 Å². The van der Waals surface area contributed by atoms with Gasteiger partial charge in [0.25, 0.3) is 10.0 Å². The number of hydrogen-bond donors (Lipinski definition) is 1. The molecule has 0 aliphatic heterocycles. The van der Waals surface area contributed by atoms with E-state index in [1.54, 1.807) is 34.9 Å². The van der Waals surface area contributed by atoms with Crippen LogP contribution in [0.1, 0.15) is 31.0 Å². The average Bonchev–Trinajstić information content (AvgIpc) is 3.02. The Morgan fingerprint density at radius 1 is 0.963 bits per heavy atom. The zero-order valence-electron chi connectivity index (χ0n) is 15.5. The summed E-state index contributed by atoms with van der Waals surface area (Å²) in [6, 6.07) is 19.8. The summed E-state index contributed by atoms with van der Waals surface area (Å²) >= 11 is 0. The first kappa shape index (κ1) is 18.7. The van der Waals surface area contributed by atoms with Crippen molar-refractivity contribution in [2.24, 2.45) is 7.05 Å². The highest BCUT2D eigenvalue weighted by Gasteiger charge is 2.15. The van der Waals surface area contributed by atoms with Crippen molar-refractivity contribution >= 4 is 15.7 Å². The molecule has 1 aromatic heterocycles. The van der Waals surface area contributed by atoms with Crippen LogP contribution in [0.25, 0.3) is 11.3 Å². The lowest BCUT2D eigenvalue weighted by atomic mass is 10.0. The highest BCUT2D eigenvalue weighted by Crippen LogP contribution is 2.25. The summed E-state index contributed by atoms with van der Waals surface area (Å²) in [6.07, 6.45) is 0. The SMILES string of the molecule is CC(C)c1ccc(S(=O)(=O)Nc2ccc(-c3ccc(C#N)n3C)cc2)cc1. The monoisotopic (exact) mass is 379 g/mol. The van der Waals surface area contributed by atoms with Gasteiger partial charge in [-0.2, -0.15) is 5.26 Å². The third-order valence-corrected chi connectivity index (χ3v) is 5.92. The van der Waals surface area contributed by atoms with Gasteiger partial charge in [0, 0.05) is 18.4 Å². The third-order valence-electron chi connectivity index (χ3n) is 4.53. The number of nitrogens with zero attached hydrogens (tertiary/aromatic N) is 2. The minimum atomic E-state index is -3.64. The van der Waals surface area contributed by atoms with Crippen LogP contribution < -0.4 is 4.72 Å². The summed E-state index contributed by atoms with van der Waals surface area (Å²) in [5, 5.41) is 9.06. The fourth-order valence-corrected chi connectivity index (χ4v) is 3.93. The maximum atomic E-state index is 12.6. The second-order valence-corrected chi connectivity index (χ2v) is 8.36. The van der Waals surface area contributed by atoms with E-state index in [0.717, 1.165) is 16.8 Å². The molecule has 0 radical (unpaired) electrons. The molecule has 3 rings (SSSR count). The van der Waals surface area contributed by atoms with E-state index in [2.05, 4.69) is 24.6 Å². The number of sulfonamides is 1. The summed E-state index contributed by atoms with van der Waals surface area (Å²) in [4.78, 5) is 0.233. The molecule has 0 fully saturated rings. The van der Waals surface area contributed by atoms with E-state index in [9.17, 15) is 8.42 Å². The number of benzene rings is 2. The van der Waals surface area contributed by atoms with Gasteiger partial charge in [0.15, 0.2) is 0 Å². The Balaban J connectivity index is 1.81. The summed E-state index contributed by atoms with van der Waals surface area (Å²) in [5.74, 6) is 0.348. The fraction of sp³-hybridized carbons (Fsp3) is 0.190. The van der Waals surface area contributed by atoms with Crippen molar-refractivity contribution < 1.29 is 8.42 Å². The Kier molecular flexibility index (Phi) is 5.06. The summed E-state index contributed by atoms with van der Waals surface area (Å²) in [5.41, 5.74) is 3.95. The summed E-state index contributed by atoms with van der Waals surface area (Å²) in [7, 11) is -1.81. The molecule has 27 heavy (non-hydrogen) atoms. The van der Waals surface area contributed by atoms with Crippen LogP contribution in [0.4, 0.5) is 5.69 Å². The van der Waals surface area contributed by atoms with E-state index in [-0.39, 0.29) is 4.90 Å². The Morgan fingerprint density at radius 3 is 2.11 bits per heavy atom. The highest BCUT2D eigenvalue weighted by atomic mass is 32.2. The number of anilines is 1. The second-order valence-electron chi connectivity index (χ2n) is 6.68. The molecule has 3 aromatic rings. The lowest BCUT2D eigenvalue weighted by Crippen LogP contribution is -2.13. The van der Waals surface area contributed by atoms with Crippen molar-refractivity contribution in [2.75, 3.05) is 4.72 Å². The van der Waals surface area contributed by atoms with Crippen molar-refractivity contribution in [1.29, 1.82) is 5.26 Å². The molecule has 0 spiro atoms. The van der Waals surface area contributed by atoms with Gasteiger partial charge in [0.1, 0.15) is 11.8 Å². The molecule has 6 heteroatoms. The molecule has 0 saturated heterocycles. The van der Waals surface area contributed by atoms with Crippen LogP contribution in [-0.2, 0) is 17.1 Å².